The standard InChI is InChI=1S/C17H26N2O5S/c1-10(2)7-8-23-12-5-3-11(4-6-12)18-17(25)19-16-15(22)14(21)13(9-20)24-16/h3-6,10,13-16,20-22H,7-9H2,1-2H3,(H2,18,19,25)/t13?,14-,15+,16?/m1/s1. The Hall–Kier alpha value is -1.45. The third-order valence-electron chi connectivity index (χ3n) is 3.89. The number of rotatable bonds is 7. The van der Waals surface area contributed by atoms with Crippen LogP contribution in [0, 0.1) is 5.92 Å². The smallest absolute Gasteiger partial charge is 0.172 e. The number of anilines is 1. The summed E-state index contributed by atoms with van der Waals surface area (Å²) in [5.41, 5.74) is 0.750. The number of hydrogen-bond donors (Lipinski definition) is 5. The number of ether oxygens (including phenoxy) is 2. The Morgan fingerprint density at radius 1 is 1.24 bits per heavy atom. The third kappa shape index (κ3) is 5.79. The Labute approximate surface area is 153 Å². The summed E-state index contributed by atoms with van der Waals surface area (Å²) in [7, 11) is 0. The van der Waals surface area contributed by atoms with Crippen molar-refractivity contribution in [2.24, 2.45) is 5.92 Å². The van der Waals surface area contributed by atoms with Crippen molar-refractivity contribution in [1.82, 2.24) is 5.32 Å². The second-order valence-electron chi connectivity index (χ2n) is 6.41. The van der Waals surface area contributed by atoms with E-state index in [0.717, 1.165) is 17.9 Å². The van der Waals surface area contributed by atoms with E-state index >= 15 is 0 Å². The van der Waals surface area contributed by atoms with E-state index in [2.05, 4.69) is 24.5 Å². The van der Waals surface area contributed by atoms with Crippen LogP contribution in [0.2, 0.25) is 0 Å². The summed E-state index contributed by atoms with van der Waals surface area (Å²) in [6, 6.07) is 7.35. The van der Waals surface area contributed by atoms with Crippen molar-refractivity contribution in [3.05, 3.63) is 24.3 Å². The van der Waals surface area contributed by atoms with Crippen molar-refractivity contribution in [2.45, 2.75) is 44.8 Å². The topological polar surface area (TPSA) is 103 Å². The highest BCUT2D eigenvalue weighted by Crippen LogP contribution is 2.20. The Bertz CT molecular complexity index is 554. The van der Waals surface area contributed by atoms with Crippen molar-refractivity contribution in [3.63, 3.8) is 0 Å². The maximum atomic E-state index is 9.88. The molecular formula is C17H26N2O5S. The Kier molecular flexibility index (Phi) is 7.39. The van der Waals surface area contributed by atoms with Gasteiger partial charge in [-0.3, -0.25) is 0 Å². The fraction of sp³-hybridized carbons (Fsp3) is 0.588. The van der Waals surface area contributed by atoms with E-state index in [-0.39, 0.29) is 11.7 Å². The molecule has 140 valence electrons. The fourth-order valence-corrected chi connectivity index (χ4v) is 2.60. The van der Waals surface area contributed by atoms with Gasteiger partial charge in [0.15, 0.2) is 11.3 Å². The Balaban J connectivity index is 1.80. The summed E-state index contributed by atoms with van der Waals surface area (Å²) in [5, 5.41) is 34.7. The van der Waals surface area contributed by atoms with Gasteiger partial charge in [-0.05, 0) is 48.8 Å². The molecule has 4 atom stereocenters. The summed E-state index contributed by atoms with van der Waals surface area (Å²) >= 11 is 5.18. The quantitative estimate of drug-likeness (QED) is 0.450. The Morgan fingerprint density at radius 3 is 2.48 bits per heavy atom. The highest BCUT2D eigenvalue weighted by Gasteiger charge is 2.42. The molecule has 0 saturated carbocycles. The summed E-state index contributed by atoms with van der Waals surface area (Å²) in [6.07, 6.45) is -3.05. The van der Waals surface area contributed by atoms with Crippen LogP contribution in [0.15, 0.2) is 24.3 Å². The minimum absolute atomic E-state index is 0.239. The molecule has 8 heteroatoms. The van der Waals surface area contributed by atoms with Crippen LogP contribution in [0.1, 0.15) is 20.3 Å². The van der Waals surface area contributed by atoms with Crippen LogP contribution < -0.4 is 15.4 Å². The van der Waals surface area contributed by atoms with Crippen LogP contribution in [-0.4, -0.2) is 58.2 Å². The van der Waals surface area contributed by atoms with Gasteiger partial charge in [0.2, 0.25) is 0 Å². The minimum Gasteiger partial charge on any atom is -0.494 e. The van der Waals surface area contributed by atoms with E-state index in [4.69, 9.17) is 26.8 Å². The number of benzene rings is 1. The fourth-order valence-electron chi connectivity index (χ4n) is 2.36. The van der Waals surface area contributed by atoms with Crippen LogP contribution in [0.4, 0.5) is 5.69 Å². The van der Waals surface area contributed by atoms with Crippen molar-refractivity contribution in [3.8, 4) is 5.75 Å². The van der Waals surface area contributed by atoms with E-state index in [1.165, 1.54) is 0 Å². The van der Waals surface area contributed by atoms with Crippen molar-refractivity contribution in [2.75, 3.05) is 18.5 Å². The molecule has 1 fully saturated rings. The Morgan fingerprint density at radius 2 is 1.92 bits per heavy atom. The van der Waals surface area contributed by atoms with Gasteiger partial charge in [-0.25, -0.2) is 0 Å². The van der Waals surface area contributed by atoms with E-state index in [9.17, 15) is 10.2 Å². The van der Waals surface area contributed by atoms with Crippen LogP contribution in [0.3, 0.4) is 0 Å². The first-order valence-corrected chi connectivity index (χ1v) is 8.74. The van der Waals surface area contributed by atoms with Crippen molar-refractivity contribution in [1.29, 1.82) is 0 Å². The lowest BCUT2D eigenvalue weighted by molar-refractivity contribution is -0.0260. The van der Waals surface area contributed by atoms with Gasteiger partial charge >= 0.3 is 0 Å². The van der Waals surface area contributed by atoms with E-state index in [1.807, 2.05) is 24.3 Å². The molecule has 2 rings (SSSR count). The van der Waals surface area contributed by atoms with Gasteiger partial charge in [0.05, 0.1) is 13.2 Å². The molecule has 1 aromatic carbocycles. The van der Waals surface area contributed by atoms with Crippen LogP contribution in [-0.2, 0) is 4.74 Å². The summed E-state index contributed by atoms with van der Waals surface area (Å²) in [5.74, 6) is 1.38. The lowest BCUT2D eigenvalue weighted by Gasteiger charge is -2.19. The average molecular weight is 370 g/mol. The lowest BCUT2D eigenvalue weighted by atomic mass is 10.1. The number of hydrogen-bond acceptors (Lipinski definition) is 6. The van der Waals surface area contributed by atoms with E-state index in [1.54, 1.807) is 0 Å². The van der Waals surface area contributed by atoms with Gasteiger partial charge < -0.3 is 35.4 Å². The maximum Gasteiger partial charge on any atom is 0.172 e. The highest BCUT2D eigenvalue weighted by atomic mass is 32.1. The van der Waals surface area contributed by atoms with Gasteiger partial charge in [0, 0.05) is 5.69 Å². The zero-order chi connectivity index (χ0) is 18.4. The molecule has 0 radical (unpaired) electrons. The van der Waals surface area contributed by atoms with Gasteiger partial charge in [0.1, 0.15) is 24.1 Å². The summed E-state index contributed by atoms with van der Waals surface area (Å²) in [4.78, 5) is 0. The van der Waals surface area contributed by atoms with Gasteiger partial charge in [0.25, 0.3) is 0 Å². The predicted molar refractivity (Wildman–Crippen MR) is 98.5 cm³/mol. The SMILES string of the molecule is CC(C)CCOc1ccc(NC(=S)NC2OC(CO)[C@@H](O)[C@@H]2O)cc1. The molecule has 1 aromatic rings. The van der Waals surface area contributed by atoms with Crippen molar-refractivity contribution < 1.29 is 24.8 Å². The zero-order valence-corrected chi connectivity index (χ0v) is 15.2. The van der Waals surface area contributed by atoms with Gasteiger partial charge in [-0.15, -0.1) is 0 Å². The number of aliphatic hydroxyl groups is 3. The number of nitrogens with one attached hydrogen (secondary N) is 2. The molecular weight excluding hydrogens is 344 g/mol. The molecule has 0 aromatic heterocycles. The number of aliphatic hydroxyl groups excluding tert-OH is 3. The molecule has 0 aliphatic carbocycles. The molecule has 1 saturated heterocycles. The third-order valence-corrected chi connectivity index (χ3v) is 4.11. The highest BCUT2D eigenvalue weighted by molar-refractivity contribution is 7.80. The lowest BCUT2D eigenvalue weighted by Crippen LogP contribution is -2.45. The van der Waals surface area contributed by atoms with Crippen molar-refractivity contribution >= 4 is 23.0 Å². The van der Waals surface area contributed by atoms with Gasteiger partial charge in [-0.2, -0.15) is 0 Å². The van der Waals surface area contributed by atoms with Crippen LogP contribution in [0.25, 0.3) is 0 Å². The molecule has 2 unspecified atom stereocenters. The number of thiocarbonyl (C=S) groups is 1. The normalized spacial score (nSPS) is 25.8. The first kappa shape index (κ1) is 19.9. The molecule has 0 amide bonds. The molecule has 7 nitrogen and oxygen atoms in total. The zero-order valence-electron chi connectivity index (χ0n) is 14.4. The molecule has 1 aliphatic rings. The first-order valence-electron chi connectivity index (χ1n) is 8.33. The molecule has 1 aliphatic heterocycles. The molecule has 0 bridgehead atoms. The first-order chi connectivity index (χ1) is 11.9. The van der Waals surface area contributed by atoms with Crippen LogP contribution >= 0.6 is 12.2 Å². The largest absolute Gasteiger partial charge is 0.494 e. The minimum atomic E-state index is -1.17. The maximum absolute atomic E-state index is 9.88. The summed E-state index contributed by atoms with van der Waals surface area (Å²) in [6.45, 7) is 4.60. The average Bonchev–Trinajstić information content (AvgIpc) is 2.84. The van der Waals surface area contributed by atoms with Gasteiger partial charge in [-0.1, -0.05) is 13.8 Å². The van der Waals surface area contributed by atoms with Crippen LogP contribution in [0.5, 0.6) is 5.75 Å². The monoisotopic (exact) mass is 370 g/mol. The summed E-state index contributed by atoms with van der Waals surface area (Å²) < 4.78 is 11.0. The van der Waals surface area contributed by atoms with E-state index < -0.39 is 24.5 Å². The molecule has 5 N–H and O–H groups in total. The molecule has 25 heavy (non-hydrogen) atoms. The second-order valence-corrected chi connectivity index (χ2v) is 6.82. The molecule has 0 spiro atoms. The van der Waals surface area contributed by atoms with E-state index in [0.29, 0.717) is 12.5 Å². The molecule has 1 heterocycles. The second kappa shape index (κ2) is 9.30. The predicted octanol–water partition coefficient (Wildman–Crippen LogP) is 0.837.